The van der Waals surface area contributed by atoms with Gasteiger partial charge in [-0.2, -0.15) is 0 Å². The quantitative estimate of drug-likeness (QED) is 0.619. The Morgan fingerprint density at radius 1 is 1.41 bits per heavy atom. The van der Waals surface area contributed by atoms with Crippen LogP contribution < -0.4 is 0 Å². The van der Waals surface area contributed by atoms with E-state index in [0.29, 0.717) is 16.5 Å². The zero-order valence-electron chi connectivity index (χ0n) is 9.33. The molecule has 0 heterocycles. The summed E-state index contributed by atoms with van der Waals surface area (Å²) in [6, 6.07) is 5.34. The highest BCUT2D eigenvalue weighted by atomic mass is 79.9. The summed E-state index contributed by atoms with van der Waals surface area (Å²) in [5, 5.41) is 0.640. The summed E-state index contributed by atoms with van der Waals surface area (Å²) in [7, 11) is 1.32. The lowest BCUT2D eigenvalue weighted by Crippen LogP contribution is -2.11. The average molecular weight is 320 g/mol. The van der Waals surface area contributed by atoms with E-state index in [-0.39, 0.29) is 18.1 Å². The minimum Gasteiger partial charge on any atom is -0.465 e. The second-order valence-electron chi connectivity index (χ2n) is 3.47. The molecule has 0 bridgehead atoms. The Bertz CT molecular complexity index is 432. The van der Waals surface area contributed by atoms with E-state index in [9.17, 15) is 9.59 Å². The molecule has 0 unspecified atom stereocenters. The largest absolute Gasteiger partial charge is 0.465 e. The zero-order chi connectivity index (χ0) is 12.8. The van der Waals surface area contributed by atoms with Gasteiger partial charge in [-0.15, -0.1) is 11.6 Å². The third kappa shape index (κ3) is 3.82. The van der Waals surface area contributed by atoms with Crippen LogP contribution in [-0.2, 0) is 21.3 Å². The number of carbonyl (C=O) groups is 2. The lowest BCUT2D eigenvalue weighted by Gasteiger charge is -2.08. The molecule has 0 N–H and O–H groups in total. The highest BCUT2D eigenvalue weighted by molar-refractivity contribution is 9.08. The van der Waals surface area contributed by atoms with Gasteiger partial charge in [0, 0.05) is 11.8 Å². The van der Waals surface area contributed by atoms with Crippen molar-refractivity contribution in [3.05, 3.63) is 34.9 Å². The minimum atomic E-state index is -0.440. The predicted molar refractivity (Wildman–Crippen MR) is 69.8 cm³/mol. The summed E-state index contributed by atoms with van der Waals surface area (Å²) in [4.78, 5) is 22.9. The Hall–Kier alpha value is -0.870. The maximum Gasteiger partial charge on any atom is 0.338 e. The van der Waals surface area contributed by atoms with E-state index >= 15 is 0 Å². The first kappa shape index (κ1) is 14.2. The number of hydrogen-bond donors (Lipinski definition) is 0. The number of Topliss-reactive ketones (excluding diaryl/α,β-unsaturated/α-hetero) is 1. The van der Waals surface area contributed by atoms with Crippen LogP contribution in [0.1, 0.15) is 21.5 Å². The molecule has 1 aromatic carbocycles. The molecule has 1 rings (SSSR count). The number of ketones is 1. The topological polar surface area (TPSA) is 43.4 Å². The fraction of sp³-hybridized carbons (Fsp3) is 0.333. The molecule has 0 saturated heterocycles. The van der Waals surface area contributed by atoms with Gasteiger partial charge in [-0.1, -0.05) is 28.1 Å². The number of benzene rings is 1. The third-order valence-electron chi connectivity index (χ3n) is 2.27. The van der Waals surface area contributed by atoms with Crippen molar-refractivity contribution in [2.75, 3.05) is 13.0 Å². The van der Waals surface area contributed by atoms with Gasteiger partial charge in [0.2, 0.25) is 0 Å². The van der Waals surface area contributed by atoms with Crippen molar-refractivity contribution in [3.8, 4) is 0 Å². The Balaban J connectivity index is 3.10. The standard InChI is InChI=1S/C12H12BrClO3/c1-17-12(16)11-4-8(6-13)2-3-9(11)5-10(15)7-14/h2-4H,5-7H2,1H3. The highest BCUT2D eigenvalue weighted by Gasteiger charge is 2.14. The molecular weight excluding hydrogens is 307 g/mol. The summed E-state index contributed by atoms with van der Waals surface area (Å²) < 4.78 is 4.69. The molecule has 0 aliphatic carbocycles. The number of methoxy groups -OCH3 is 1. The number of halogens is 2. The molecule has 0 aromatic heterocycles. The van der Waals surface area contributed by atoms with Crippen LogP contribution in [0, 0.1) is 0 Å². The summed E-state index contributed by atoms with van der Waals surface area (Å²) in [5.74, 6) is -0.616. The fourth-order valence-corrected chi connectivity index (χ4v) is 1.86. The van der Waals surface area contributed by atoms with E-state index in [1.807, 2.05) is 6.07 Å². The Kier molecular flexibility index (Phi) is 5.65. The number of hydrogen-bond acceptors (Lipinski definition) is 3. The molecule has 0 aliphatic heterocycles. The molecule has 0 spiro atoms. The number of ether oxygens (including phenoxy) is 1. The van der Waals surface area contributed by atoms with Crippen molar-refractivity contribution in [1.29, 1.82) is 0 Å². The van der Waals surface area contributed by atoms with E-state index in [4.69, 9.17) is 16.3 Å². The minimum absolute atomic E-state index is 0.0548. The summed E-state index contributed by atoms with van der Waals surface area (Å²) >= 11 is 8.76. The first-order valence-corrected chi connectivity index (χ1v) is 6.61. The van der Waals surface area contributed by atoms with E-state index < -0.39 is 5.97 Å². The molecule has 1 aromatic rings. The second kappa shape index (κ2) is 6.77. The first-order chi connectivity index (χ1) is 8.12. The summed E-state index contributed by atoms with van der Waals surface area (Å²) in [6.07, 6.45) is 0.149. The van der Waals surface area contributed by atoms with E-state index in [1.54, 1.807) is 12.1 Å². The molecular formula is C12H12BrClO3. The maximum atomic E-state index is 11.6. The van der Waals surface area contributed by atoms with Gasteiger partial charge in [0.05, 0.1) is 18.6 Å². The number of carbonyl (C=O) groups excluding carboxylic acids is 2. The lowest BCUT2D eigenvalue weighted by molar-refractivity contribution is -0.116. The van der Waals surface area contributed by atoms with Gasteiger partial charge in [0.1, 0.15) is 0 Å². The van der Waals surface area contributed by atoms with Gasteiger partial charge in [0.25, 0.3) is 0 Å². The van der Waals surface area contributed by atoms with Crippen molar-refractivity contribution in [2.45, 2.75) is 11.8 Å². The van der Waals surface area contributed by atoms with Gasteiger partial charge in [-0.3, -0.25) is 4.79 Å². The smallest absolute Gasteiger partial charge is 0.338 e. The molecule has 0 fully saturated rings. The SMILES string of the molecule is COC(=O)c1cc(CBr)ccc1CC(=O)CCl. The molecule has 0 saturated carbocycles. The lowest BCUT2D eigenvalue weighted by atomic mass is 10.0. The normalized spacial score (nSPS) is 10.1. The van der Waals surface area contributed by atoms with Crippen LogP contribution in [0.2, 0.25) is 0 Å². The number of alkyl halides is 2. The fourth-order valence-electron chi connectivity index (χ4n) is 1.42. The summed E-state index contributed by atoms with van der Waals surface area (Å²) in [6.45, 7) is 0. The van der Waals surface area contributed by atoms with Gasteiger partial charge < -0.3 is 4.74 Å². The number of esters is 1. The van der Waals surface area contributed by atoms with Crippen LogP contribution in [0.15, 0.2) is 18.2 Å². The molecule has 5 heteroatoms. The highest BCUT2D eigenvalue weighted by Crippen LogP contribution is 2.16. The number of rotatable bonds is 5. The second-order valence-corrected chi connectivity index (χ2v) is 4.29. The molecule has 3 nitrogen and oxygen atoms in total. The Labute approximate surface area is 113 Å². The molecule has 0 aliphatic rings. The molecule has 0 atom stereocenters. The van der Waals surface area contributed by atoms with E-state index in [0.717, 1.165) is 5.56 Å². The van der Waals surface area contributed by atoms with Crippen molar-refractivity contribution < 1.29 is 14.3 Å². The molecule has 92 valence electrons. The van der Waals surface area contributed by atoms with Crippen molar-refractivity contribution in [1.82, 2.24) is 0 Å². The van der Waals surface area contributed by atoms with Crippen LogP contribution in [0.4, 0.5) is 0 Å². The first-order valence-electron chi connectivity index (χ1n) is 4.96. The van der Waals surface area contributed by atoms with Crippen LogP contribution in [0.25, 0.3) is 0 Å². The van der Waals surface area contributed by atoms with Crippen LogP contribution >= 0.6 is 27.5 Å². The van der Waals surface area contributed by atoms with Gasteiger partial charge in [-0.25, -0.2) is 4.79 Å². The van der Waals surface area contributed by atoms with Crippen LogP contribution in [-0.4, -0.2) is 24.7 Å². The van der Waals surface area contributed by atoms with Crippen molar-refractivity contribution in [3.63, 3.8) is 0 Å². The van der Waals surface area contributed by atoms with Crippen molar-refractivity contribution in [2.24, 2.45) is 0 Å². The third-order valence-corrected chi connectivity index (χ3v) is 3.22. The molecule has 0 radical (unpaired) electrons. The van der Waals surface area contributed by atoms with E-state index in [2.05, 4.69) is 15.9 Å². The maximum absolute atomic E-state index is 11.6. The van der Waals surface area contributed by atoms with Gasteiger partial charge >= 0.3 is 5.97 Å². The monoisotopic (exact) mass is 318 g/mol. The van der Waals surface area contributed by atoms with Crippen molar-refractivity contribution >= 4 is 39.3 Å². The molecule has 0 amide bonds. The van der Waals surface area contributed by atoms with Crippen LogP contribution in [0.5, 0.6) is 0 Å². The van der Waals surface area contributed by atoms with Gasteiger partial charge in [0.15, 0.2) is 5.78 Å². The summed E-state index contributed by atoms with van der Waals surface area (Å²) in [5.41, 5.74) is 2.02. The van der Waals surface area contributed by atoms with Crippen LogP contribution in [0.3, 0.4) is 0 Å². The zero-order valence-corrected chi connectivity index (χ0v) is 11.7. The average Bonchev–Trinajstić information content (AvgIpc) is 2.38. The Morgan fingerprint density at radius 2 is 2.12 bits per heavy atom. The Morgan fingerprint density at radius 3 is 2.65 bits per heavy atom. The van der Waals surface area contributed by atoms with Gasteiger partial charge in [-0.05, 0) is 17.2 Å². The predicted octanol–water partition coefficient (Wildman–Crippen LogP) is 2.72. The molecule has 17 heavy (non-hydrogen) atoms. The van der Waals surface area contributed by atoms with E-state index in [1.165, 1.54) is 7.11 Å².